The molecule has 0 aliphatic carbocycles. The van der Waals surface area contributed by atoms with Crippen molar-refractivity contribution in [3.05, 3.63) is 11.2 Å². The first kappa shape index (κ1) is 12.9. The molecule has 0 radical (unpaired) electrons. The summed E-state index contributed by atoms with van der Waals surface area (Å²) in [4.78, 5) is 3.91. The van der Waals surface area contributed by atoms with Gasteiger partial charge >= 0.3 is 0 Å². The van der Waals surface area contributed by atoms with Gasteiger partial charge in [-0.2, -0.15) is 0 Å². The maximum absolute atomic E-state index is 11.6. The number of rotatable bonds is 6. The third-order valence-electron chi connectivity index (χ3n) is 1.72. The Hall–Kier alpha value is -0.170. The normalized spacial score (nSPS) is 11.9. The van der Waals surface area contributed by atoms with Crippen molar-refractivity contribution >= 4 is 33.0 Å². The average Bonchev–Trinajstić information content (AvgIpc) is 2.60. The molecule has 1 aromatic rings. The summed E-state index contributed by atoms with van der Waals surface area (Å²) in [6.45, 7) is 2.20. The van der Waals surface area contributed by atoms with Crippen LogP contribution in [0.4, 0.5) is 0 Å². The number of nitrogens with one attached hydrogen (secondary N) is 1. The van der Waals surface area contributed by atoms with Gasteiger partial charge < -0.3 is 0 Å². The molecule has 0 unspecified atom stereocenters. The Morgan fingerprint density at radius 3 is 2.80 bits per heavy atom. The van der Waals surface area contributed by atoms with Gasteiger partial charge in [0.2, 0.25) is 0 Å². The zero-order chi connectivity index (χ0) is 11.3. The van der Waals surface area contributed by atoms with Gasteiger partial charge in [-0.1, -0.05) is 0 Å². The molecule has 1 N–H and O–H groups in total. The zero-order valence-electron chi connectivity index (χ0n) is 8.36. The number of sulfonamides is 1. The number of hydrogen-bond donors (Lipinski definition) is 1. The van der Waals surface area contributed by atoms with E-state index in [1.165, 1.54) is 17.5 Å². The summed E-state index contributed by atoms with van der Waals surface area (Å²) in [5.74, 6) is 0.557. The highest BCUT2D eigenvalue weighted by atomic mass is 35.5. The second-order valence-corrected chi connectivity index (χ2v) is 6.60. The lowest BCUT2D eigenvalue weighted by atomic mass is 10.3. The highest BCUT2D eigenvalue weighted by Crippen LogP contribution is 2.17. The Kier molecular flexibility index (Phi) is 4.98. The SMILES string of the molecule is Cc1ncc(S(=O)(=O)NCCCCCl)s1. The van der Waals surface area contributed by atoms with Crippen LogP contribution in [0.1, 0.15) is 17.8 Å². The zero-order valence-corrected chi connectivity index (χ0v) is 10.8. The number of aryl methyl sites for hydroxylation is 1. The van der Waals surface area contributed by atoms with Crippen LogP contribution in [0.25, 0.3) is 0 Å². The fourth-order valence-corrected chi connectivity index (χ4v) is 3.38. The maximum atomic E-state index is 11.6. The minimum Gasteiger partial charge on any atom is -0.249 e. The first-order valence-corrected chi connectivity index (χ1v) is 7.38. The lowest BCUT2D eigenvalue weighted by molar-refractivity contribution is 0.580. The van der Waals surface area contributed by atoms with Gasteiger partial charge in [-0.25, -0.2) is 18.1 Å². The lowest BCUT2D eigenvalue weighted by Gasteiger charge is -2.02. The number of unbranched alkanes of at least 4 members (excludes halogenated alkanes) is 1. The Balaban J connectivity index is 2.53. The van der Waals surface area contributed by atoms with Gasteiger partial charge in [0.15, 0.2) is 4.21 Å². The van der Waals surface area contributed by atoms with Crippen molar-refractivity contribution in [1.29, 1.82) is 0 Å². The van der Waals surface area contributed by atoms with E-state index in [2.05, 4.69) is 9.71 Å². The Morgan fingerprint density at radius 1 is 1.53 bits per heavy atom. The first-order chi connectivity index (χ1) is 7.06. The number of nitrogens with zero attached hydrogens (tertiary/aromatic N) is 1. The van der Waals surface area contributed by atoms with Gasteiger partial charge in [0.05, 0.1) is 11.2 Å². The molecule has 0 saturated carbocycles. The number of hydrogen-bond acceptors (Lipinski definition) is 4. The minimum absolute atomic E-state index is 0.269. The van der Waals surface area contributed by atoms with Crippen LogP contribution in [0.2, 0.25) is 0 Å². The maximum Gasteiger partial charge on any atom is 0.251 e. The van der Waals surface area contributed by atoms with Crippen LogP contribution in [0.15, 0.2) is 10.4 Å². The summed E-state index contributed by atoms with van der Waals surface area (Å²) in [5.41, 5.74) is 0. The van der Waals surface area contributed by atoms with Crippen LogP contribution < -0.4 is 4.72 Å². The van der Waals surface area contributed by atoms with Gasteiger partial charge in [0.25, 0.3) is 10.0 Å². The molecule has 86 valence electrons. The molecular weight excluding hydrogens is 256 g/mol. The Bertz CT molecular complexity index is 403. The summed E-state index contributed by atoms with van der Waals surface area (Å²) in [7, 11) is -3.36. The number of aromatic nitrogens is 1. The van der Waals surface area contributed by atoms with E-state index >= 15 is 0 Å². The molecular formula is C8H13ClN2O2S2. The molecule has 0 aromatic carbocycles. The Morgan fingerprint density at radius 2 is 2.27 bits per heavy atom. The van der Waals surface area contributed by atoms with E-state index in [4.69, 9.17) is 11.6 Å². The molecule has 0 aliphatic rings. The summed E-state index contributed by atoms with van der Waals surface area (Å²) < 4.78 is 26.0. The van der Waals surface area contributed by atoms with Crippen molar-refractivity contribution in [3.63, 3.8) is 0 Å². The van der Waals surface area contributed by atoms with Crippen LogP contribution in [-0.2, 0) is 10.0 Å². The van der Waals surface area contributed by atoms with Gasteiger partial charge in [0.1, 0.15) is 0 Å². The highest BCUT2D eigenvalue weighted by molar-refractivity contribution is 7.91. The van der Waals surface area contributed by atoms with E-state index in [9.17, 15) is 8.42 Å². The molecule has 0 atom stereocenters. The fraction of sp³-hybridized carbons (Fsp3) is 0.625. The van der Waals surface area contributed by atoms with Crippen LogP contribution in [0.3, 0.4) is 0 Å². The molecule has 1 rings (SSSR count). The molecule has 0 fully saturated rings. The molecule has 0 aliphatic heterocycles. The highest BCUT2D eigenvalue weighted by Gasteiger charge is 2.15. The summed E-state index contributed by atoms with van der Waals surface area (Å²) in [6.07, 6.45) is 2.94. The lowest BCUT2D eigenvalue weighted by Crippen LogP contribution is -2.24. The number of alkyl halides is 1. The minimum atomic E-state index is -3.36. The second-order valence-electron chi connectivity index (χ2n) is 2.99. The smallest absolute Gasteiger partial charge is 0.249 e. The quantitative estimate of drug-likeness (QED) is 0.632. The molecule has 4 nitrogen and oxygen atoms in total. The molecule has 0 amide bonds. The van der Waals surface area contributed by atoms with Crippen LogP contribution >= 0.6 is 22.9 Å². The van der Waals surface area contributed by atoms with Crippen molar-refractivity contribution in [2.24, 2.45) is 0 Å². The van der Waals surface area contributed by atoms with E-state index in [1.54, 1.807) is 6.92 Å². The topological polar surface area (TPSA) is 59.1 Å². The second kappa shape index (κ2) is 5.79. The van der Waals surface area contributed by atoms with Gasteiger partial charge in [-0.3, -0.25) is 0 Å². The monoisotopic (exact) mass is 268 g/mol. The predicted molar refractivity (Wildman–Crippen MR) is 62.0 cm³/mol. The number of halogens is 1. The van der Waals surface area contributed by atoms with E-state index in [0.717, 1.165) is 17.8 Å². The summed E-state index contributed by atoms with van der Waals surface area (Å²) >= 11 is 6.66. The van der Waals surface area contributed by atoms with Crippen molar-refractivity contribution in [3.8, 4) is 0 Å². The average molecular weight is 269 g/mol. The van der Waals surface area contributed by atoms with Crippen LogP contribution in [-0.4, -0.2) is 25.8 Å². The molecule has 15 heavy (non-hydrogen) atoms. The van der Waals surface area contributed by atoms with E-state index in [-0.39, 0.29) is 4.21 Å². The molecule has 1 aromatic heterocycles. The molecule has 0 saturated heterocycles. The molecule has 7 heteroatoms. The first-order valence-electron chi connectivity index (χ1n) is 4.54. The van der Waals surface area contributed by atoms with E-state index in [1.807, 2.05) is 0 Å². The standard InChI is InChI=1S/C8H13ClN2O2S2/c1-7-10-6-8(14-7)15(12,13)11-5-3-2-4-9/h6,11H,2-5H2,1H3. The number of thiazole rings is 1. The summed E-state index contributed by atoms with van der Waals surface area (Å²) in [6, 6.07) is 0. The van der Waals surface area contributed by atoms with Crippen molar-refractivity contribution in [2.75, 3.05) is 12.4 Å². The van der Waals surface area contributed by atoms with Crippen molar-refractivity contribution in [1.82, 2.24) is 9.71 Å². The summed E-state index contributed by atoms with van der Waals surface area (Å²) in [5, 5.41) is 0.746. The van der Waals surface area contributed by atoms with Crippen molar-refractivity contribution in [2.45, 2.75) is 24.0 Å². The largest absolute Gasteiger partial charge is 0.251 e. The van der Waals surface area contributed by atoms with Gasteiger partial charge in [0, 0.05) is 12.4 Å². The van der Waals surface area contributed by atoms with E-state index < -0.39 is 10.0 Å². The molecule has 0 bridgehead atoms. The van der Waals surface area contributed by atoms with E-state index in [0.29, 0.717) is 12.4 Å². The Labute approximate surface area is 98.7 Å². The third kappa shape index (κ3) is 4.06. The van der Waals surface area contributed by atoms with Crippen LogP contribution in [0.5, 0.6) is 0 Å². The third-order valence-corrected chi connectivity index (χ3v) is 4.82. The molecule has 0 spiro atoms. The van der Waals surface area contributed by atoms with Crippen LogP contribution in [0, 0.1) is 6.92 Å². The van der Waals surface area contributed by atoms with Gasteiger partial charge in [-0.15, -0.1) is 22.9 Å². The molecule has 1 heterocycles. The predicted octanol–water partition coefficient (Wildman–Crippen LogP) is 1.75. The van der Waals surface area contributed by atoms with Gasteiger partial charge in [-0.05, 0) is 19.8 Å². The van der Waals surface area contributed by atoms with Crippen molar-refractivity contribution < 1.29 is 8.42 Å². The fourth-order valence-electron chi connectivity index (χ4n) is 0.963.